The second-order valence-corrected chi connectivity index (χ2v) is 5.37. The summed E-state index contributed by atoms with van der Waals surface area (Å²) in [5, 5.41) is 9.64. The molecule has 1 rings (SSSR count). The lowest BCUT2D eigenvalue weighted by Crippen LogP contribution is -2.51. The van der Waals surface area contributed by atoms with Crippen molar-refractivity contribution in [3.05, 3.63) is 0 Å². The Labute approximate surface area is 88.3 Å². The molecule has 14 heavy (non-hydrogen) atoms. The van der Waals surface area contributed by atoms with Crippen molar-refractivity contribution < 1.29 is 5.11 Å². The van der Waals surface area contributed by atoms with Crippen molar-refractivity contribution in [2.75, 3.05) is 13.2 Å². The summed E-state index contributed by atoms with van der Waals surface area (Å²) in [6.07, 6.45) is 3.53. The zero-order valence-electron chi connectivity index (χ0n) is 10.1. The summed E-state index contributed by atoms with van der Waals surface area (Å²) in [6, 6.07) is 0.559. The van der Waals surface area contributed by atoms with Crippen LogP contribution >= 0.6 is 0 Å². The van der Waals surface area contributed by atoms with Gasteiger partial charge in [-0.2, -0.15) is 0 Å². The van der Waals surface area contributed by atoms with Crippen LogP contribution in [-0.4, -0.2) is 34.7 Å². The molecule has 1 aliphatic heterocycles. The Morgan fingerprint density at radius 3 is 2.36 bits per heavy atom. The van der Waals surface area contributed by atoms with Crippen LogP contribution in [0, 0.1) is 5.92 Å². The van der Waals surface area contributed by atoms with E-state index in [4.69, 9.17) is 0 Å². The molecule has 1 fully saturated rings. The smallest absolute Gasteiger partial charge is 0.0615 e. The average Bonchev–Trinajstić information content (AvgIpc) is 2.48. The van der Waals surface area contributed by atoms with Gasteiger partial charge in [-0.15, -0.1) is 0 Å². The summed E-state index contributed by atoms with van der Waals surface area (Å²) in [6.45, 7) is 10.4. The van der Waals surface area contributed by atoms with Gasteiger partial charge in [0.15, 0.2) is 0 Å². The first-order chi connectivity index (χ1) is 6.52. The Bertz CT molecular complexity index is 179. The number of hydrogen-bond acceptors (Lipinski definition) is 2. The zero-order valence-corrected chi connectivity index (χ0v) is 10.1. The normalized spacial score (nSPS) is 29.4. The van der Waals surface area contributed by atoms with Crippen LogP contribution in [0.3, 0.4) is 0 Å². The third-order valence-electron chi connectivity index (χ3n) is 3.36. The number of aliphatic hydroxyl groups excluding tert-OH is 1. The number of nitrogens with zero attached hydrogens (tertiary/aromatic N) is 1. The number of hydrogen-bond donors (Lipinski definition) is 1. The van der Waals surface area contributed by atoms with Gasteiger partial charge in [-0.3, -0.25) is 4.90 Å². The van der Waals surface area contributed by atoms with Crippen molar-refractivity contribution in [2.24, 2.45) is 5.92 Å². The fourth-order valence-corrected chi connectivity index (χ4v) is 2.98. The maximum absolute atomic E-state index is 9.64. The summed E-state index contributed by atoms with van der Waals surface area (Å²) >= 11 is 0. The van der Waals surface area contributed by atoms with E-state index in [-0.39, 0.29) is 5.54 Å². The molecule has 0 bridgehead atoms. The molecule has 0 aromatic carbocycles. The predicted molar refractivity (Wildman–Crippen MR) is 60.3 cm³/mol. The first-order valence-electron chi connectivity index (χ1n) is 5.89. The van der Waals surface area contributed by atoms with E-state index in [0.29, 0.717) is 18.6 Å². The van der Waals surface area contributed by atoms with Gasteiger partial charge in [0, 0.05) is 11.6 Å². The third kappa shape index (κ3) is 2.29. The van der Waals surface area contributed by atoms with Gasteiger partial charge in [0.1, 0.15) is 0 Å². The van der Waals surface area contributed by atoms with E-state index < -0.39 is 0 Å². The molecule has 1 aliphatic rings. The highest BCUT2D eigenvalue weighted by Gasteiger charge is 2.41. The Morgan fingerprint density at radius 2 is 1.93 bits per heavy atom. The highest BCUT2D eigenvalue weighted by atomic mass is 16.3. The van der Waals surface area contributed by atoms with Crippen LogP contribution < -0.4 is 0 Å². The molecule has 1 saturated heterocycles. The van der Waals surface area contributed by atoms with Crippen LogP contribution in [0.4, 0.5) is 0 Å². The van der Waals surface area contributed by atoms with Gasteiger partial charge in [0.2, 0.25) is 0 Å². The molecule has 0 spiro atoms. The molecule has 0 aromatic rings. The van der Waals surface area contributed by atoms with Gasteiger partial charge < -0.3 is 5.11 Å². The summed E-state index contributed by atoms with van der Waals surface area (Å²) in [7, 11) is 0. The summed E-state index contributed by atoms with van der Waals surface area (Å²) in [5.74, 6) is 0.668. The lowest BCUT2D eigenvalue weighted by Gasteiger charge is -2.41. The molecule has 1 N–H and O–H groups in total. The SMILES string of the molecule is CC(C)CC1(CO)CCCN1C(C)C. The molecule has 0 radical (unpaired) electrons. The van der Waals surface area contributed by atoms with E-state index in [9.17, 15) is 5.11 Å². The van der Waals surface area contributed by atoms with Crippen LogP contribution in [0.25, 0.3) is 0 Å². The van der Waals surface area contributed by atoms with Crippen molar-refractivity contribution in [3.8, 4) is 0 Å². The molecule has 0 saturated carbocycles. The van der Waals surface area contributed by atoms with Gasteiger partial charge in [0.25, 0.3) is 0 Å². The van der Waals surface area contributed by atoms with Crippen LogP contribution in [0.15, 0.2) is 0 Å². The number of likely N-dealkylation sites (tertiary alicyclic amines) is 1. The van der Waals surface area contributed by atoms with E-state index in [1.807, 2.05) is 0 Å². The molecule has 2 heteroatoms. The van der Waals surface area contributed by atoms with E-state index in [2.05, 4.69) is 32.6 Å². The van der Waals surface area contributed by atoms with Gasteiger partial charge in [-0.25, -0.2) is 0 Å². The second-order valence-electron chi connectivity index (χ2n) is 5.37. The van der Waals surface area contributed by atoms with Gasteiger partial charge in [-0.1, -0.05) is 13.8 Å². The average molecular weight is 199 g/mol. The van der Waals surface area contributed by atoms with E-state index >= 15 is 0 Å². The molecular formula is C12H25NO. The molecular weight excluding hydrogens is 174 g/mol. The maximum atomic E-state index is 9.64. The highest BCUT2D eigenvalue weighted by molar-refractivity contribution is 4.97. The Kier molecular flexibility index (Phi) is 3.96. The zero-order chi connectivity index (χ0) is 10.8. The quantitative estimate of drug-likeness (QED) is 0.751. The topological polar surface area (TPSA) is 23.5 Å². The Hall–Kier alpha value is -0.0800. The number of rotatable bonds is 4. The molecule has 2 nitrogen and oxygen atoms in total. The fourth-order valence-electron chi connectivity index (χ4n) is 2.98. The third-order valence-corrected chi connectivity index (χ3v) is 3.36. The Balaban J connectivity index is 2.74. The molecule has 84 valence electrons. The number of aliphatic hydroxyl groups is 1. The lowest BCUT2D eigenvalue weighted by atomic mass is 9.86. The van der Waals surface area contributed by atoms with Crippen molar-refractivity contribution in [2.45, 2.75) is 58.5 Å². The van der Waals surface area contributed by atoms with Gasteiger partial charge in [0.05, 0.1) is 6.61 Å². The second kappa shape index (κ2) is 4.63. The van der Waals surface area contributed by atoms with E-state index in [1.54, 1.807) is 0 Å². The van der Waals surface area contributed by atoms with Crippen LogP contribution in [0.1, 0.15) is 47.0 Å². The van der Waals surface area contributed by atoms with Crippen LogP contribution in [0.2, 0.25) is 0 Å². The highest BCUT2D eigenvalue weighted by Crippen LogP contribution is 2.36. The van der Waals surface area contributed by atoms with Crippen LogP contribution in [0.5, 0.6) is 0 Å². The monoisotopic (exact) mass is 199 g/mol. The van der Waals surface area contributed by atoms with E-state index in [0.717, 1.165) is 13.0 Å². The lowest BCUT2D eigenvalue weighted by molar-refractivity contribution is 0.0260. The van der Waals surface area contributed by atoms with Crippen molar-refractivity contribution in [1.82, 2.24) is 4.90 Å². The van der Waals surface area contributed by atoms with Crippen molar-refractivity contribution >= 4 is 0 Å². The minimum atomic E-state index is 0.0856. The van der Waals surface area contributed by atoms with Crippen molar-refractivity contribution in [3.63, 3.8) is 0 Å². The minimum absolute atomic E-state index is 0.0856. The largest absolute Gasteiger partial charge is 0.394 e. The molecule has 0 amide bonds. The standard InChI is InChI=1S/C12H25NO/c1-10(2)8-12(9-14)6-5-7-13(12)11(3)4/h10-11,14H,5-9H2,1-4H3. The maximum Gasteiger partial charge on any atom is 0.0615 e. The van der Waals surface area contributed by atoms with Crippen LogP contribution in [-0.2, 0) is 0 Å². The van der Waals surface area contributed by atoms with E-state index in [1.165, 1.54) is 12.8 Å². The summed E-state index contributed by atoms with van der Waals surface area (Å²) < 4.78 is 0. The Morgan fingerprint density at radius 1 is 1.29 bits per heavy atom. The summed E-state index contributed by atoms with van der Waals surface area (Å²) in [4.78, 5) is 2.49. The van der Waals surface area contributed by atoms with Gasteiger partial charge in [-0.05, 0) is 45.6 Å². The molecule has 0 aliphatic carbocycles. The van der Waals surface area contributed by atoms with Crippen molar-refractivity contribution in [1.29, 1.82) is 0 Å². The first kappa shape index (κ1) is 12.0. The first-order valence-corrected chi connectivity index (χ1v) is 5.89. The molecule has 0 aromatic heterocycles. The van der Waals surface area contributed by atoms with Gasteiger partial charge >= 0.3 is 0 Å². The molecule has 1 heterocycles. The fraction of sp³-hybridized carbons (Fsp3) is 1.00. The predicted octanol–water partition coefficient (Wildman–Crippen LogP) is 2.27. The summed E-state index contributed by atoms with van der Waals surface area (Å²) in [5.41, 5.74) is 0.0856. The minimum Gasteiger partial charge on any atom is -0.394 e. The molecule has 1 atom stereocenters. The molecule has 1 unspecified atom stereocenters.